The van der Waals surface area contributed by atoms with Gasteiger partial charge in [-0.2, -0.15) is 4.89 Å². The van der Waals surface area contributed by atoms with Crippen LogP contribution in [0.15, 0.2) is 0 Å². The third-order valence-electron chi connectivity index (χ3n) is 4.69. The highest BCUT2D eigenvalue weighted by molar-refractivity contribution is 5.71. The van der Waals surface area contributed by atoms with Crippen LogP contribution < -0.4 is 0 Å². The molecular formula is C17H32O4. The Kier molecular flexibility index (Phi) is 8.27. The van der Waals surface area contributed by atoms with E-state index in [9.17, 15) is 4.79 Å². The van der Waals surface area contributed by atoms with Crippen molar-refractivity contribution in [1.29, 1.82) is 0 Å². The molecule has 0 radical (unpaired) electrons. The maximum absolute atomic E-state index is 11.9. The molecule has 4 nitrogen and oxygen atoms in total. The minimum Gasteiger partial charge on any atom is -0.269 e. The minimum absolute atomic E-state index is 0.0913. The largest absolute Gasteiger partial charge is 0.348 e. The first-order valence-electron chi connectivity index (χ1n) is 8.57. The van der Waals surface area contributed by atoms with Gasteiger partial charge in [0.15, 0.2) is 0 Å². The zero-order chi connectivity index (χ0) is 15.7. The van der Waals surface area contributed by atoms with Gasteiger partial charge in [-0.25, -0.2) is 4.79 Å². The molecule has 1 aliphatic carbocycles. The molecule has 0 spiro atoms. The molecular weight excluding hydrogens is 268 g/mol. The summed E-state index contributed by atoms with van der Waals surface area (Å²) in [7, 11) is 0. The van der Waals surface area contributed by atoms with Crippen molar-refractivity contribution in [2.45, 2.75) is 91.1 Å². The van der Waals surface area contributed by atoms with Gasteiger partial charge >= 0.3 is 5.97 Å². The molecule has 0 aromatic heterocycles. The second kappa shape index (κ2) is 9.42. The molecule has 0 bridgehead atoms. The van der Waals surface area contributed by atoms with Crippen molar-refractivity contribution < 1.29 is 19.6 Å². The van der Waals surface area contributed by atoms with Crippen LogP contribution in [0, 0.1) is 11.8 Å². The van der Waals surface area contributed by atoms with Gasteiger partial charge in [0.2, 0.25) is 0 Å². The molecule has 1 rings (SSSR count). The number of rotatable bonds is 9. The molecule has 1 fully saturated rings. The van der Waals surface area contributed by atoms with Crippen molar-refractivity contribution in [1.82, 2.24) is 0 Å². The van der Waals surface area contributed by atoms with Crippen molar-refractivity contribution in [2.75, 3.05) is 0 Å². The zero-order valence-corrected chi connectivity index (χ0v) is 14.2. The third kappa shape index (κ3) is 6.35. The van der Waals surface area contributed by atoms with Crippen LogP contribution in [0.25, 0.3) is 0 Å². The molecule has 0 aromatic carbocycles. The van der Waals surface area contributed by atoms with E-state index in [1.807, 2.05) is 20.8 Å². The standard InChI is InChI=1S/C17H32O4/c1-5-7-11-14(6-2)16(18)19-21-20-17(3,4)15-12-9-8-10-13-15/h14-15H,5-13H2,1-4H3. The van der Waals surface area contributed by atoms with Gasteiger partial charge in [-0.15, -0.1) is 0 Å². The Morgan fingerprint density at radius 2 is 1.86 bits per heavy atom. The van der Waals surface area contributed by atoms with Crippen molar-refractivity contribution >= 4 is 5.97 Å². The van der Waals surface area contributed by atoms with Gasteiger partial charge in [0, 0.05) is 0 Å². The van der Waals surface area contributed by atoms with Gasteiger partial charge in [0.05, 0.1) is 5.92 Å². The Morgan fingerprint density at radius 3 is 2.43 bits per heavy atom. The second-order valence-electron chi connectivity index (χ2n) is 6.74. The summed E-state index contributed by atoms with van der Waals surface area (Å²) in [6.45, 7) is 8.12. The lowest BCUT2D eigenvalue weighted by Gasteiger charge is -2.34. The first-order valence-corrected chi connectivity index (χ1v) is 8.57. The van der Waals surface area contributed by atoms with Crippen LogP contribution in [0.2, 0.25) is 0 Å². The highest BCUT2D eigenvalue weighted by Crippen LogP contribution is 2.34. The van der Waals surface area contributed by atoms with Gasteiger partial charge in [-0.1, -0.05) is 46.0 Å². The number of hydrogen-bond acceptors (Lipinski definition) is 4. The molecule has 0 amide bonds. The molecule has 1 aliphatic rings. The normalized spacial score (nSPS) is 18.5. The monoisotopic (exact) mass is 300 g/mol. The SMILES string of the molecule is CCCCC(CC)C(=O)OOOC(C)(C)C1CCCCC1. The molecule has 0 aliphatic heterocycles. The summed E-state index contributed by atoms with van der Waals surface area (Å²) in [6, 6.07) is 0. The smallest absolute Gasteiger partial charge is 0.269 e. The lowest BCUT2D eigenvalue weighted by atomic mass is 9.79. The molecule has 4 heteroatoms. The summed E-state index contributed by atoms with van der Waals surface area (Å²) < 4.78 is 0. The Balaban J connectivity index is 2.31. The molecule has 124 valence electrons. The maximum Gasteiger partial charge on any atom is 0.348 e. The van der Waals surface area contributed by atoms with Crippen LogP contribution in [0.5, 0.6) is 0 Å². The van der Waals surface area contributed by atoms with E-state index in [0.717, 1.165) is 38.5 Å². The van der Waals surface area contributed by atoms with Gasteiger partial charge < -0.3 is 0 Å². The van der Waals surface area contributed by atoms with E-state index >= 15 is 0 Å². The second-order valence-corrected chi connectivity index (χ2v) is 6.74. The summed E-state index contributed by atoms with van der Waals surface area (Å²) in [5.41, 5.74) is -0.411. The summed E-state index contributed by atoms with van der Waals surface area (Å²) >= 11 is 0. The average molecular weight is 300 g/mol. The molecule has 1 unspecified atom stereocenters. The van der Waals surface area contributed by atoms with Gasteiger partial charge in [-0.05, 0) is 50.5 Å². The highest BCUT2D eigenvalue weighted by Gasteiger charge is 2.33. The summed E-state index contributed by atoms with van der Waals surface area (Å²) in [6.07, 6.45) is 9.82. The lowest BCUT2D eigenvalue weighted by molar-refractivity contribution is -0.523. The topological polar surface area (TPSA) is 44.8 Å². The molecule has 0 aromatic rings. The van der Waals surface area contributed by atoms with E-state index in [0.29, 0.717) is 5.92 Å². The van der Waals surface area contributed by atoms with Crippen molar-refractivity contribution in [3.05, 3.63) is 0 Å². The van der Waals surface area contributed by atoms with E-state index in [1.54, 1.807) is 0 Å². The highest BCUT2D eigenvalue weighted by atomic mass is 17.5. The molecule has 21 heavy (non-hydrogen) atoms. The van der Waals surface area contributed by atoms with Crippen LogP contribution in [0.4, 0.5) is 0 Å². The quantitative estimate of drug-likeness (QED) is 0.445. The van der Waals surface area contributed by atoms with Gasteiger partial charge in [0.1, 0.15) is 5.60 Å². The molecule has 1 atom stereocenters. The van der Waals surface area contributed by atoms with Crippen LogP contribution >= 0.6 is 0 Å². The van der Waals surface area contributed by atoms with E-state index < -0.39 is 5.60 Å². The average Bonchev–Trinajstić information content (AvgIpc) is 2.49. The zero-order valence-electron chi connectivity index (χ0n) is 14.2. The van der Waals surface area contributed by atoms with Crippen LogP contribution in [0.1, 0.15) is 85.5 Å². The number of unbranched alkanes of at least 4 members (excludes halogenated alkanes) is 1. The Labute approximate surface area is 129 Å². The fraction of sp³-hybridized carbons (Fsp3) is 0.941. The molecule has 0 saturated heterocycles. The molecule has 0 heterocycles. The predicted octanol–water partition coefficient (Wildman–Crippen LogP) is 4.97. The fourth-order valence-electron chi connectivity index (χ4n) is 3.01. The Hall–Kier alpha value is -0.610. The Morgan fingerprint density at radius 1 is 1.19 bits per heavy atom. The number of carbonyl (C=O) groups is 1. The van der Waals surface area contributed by atoms with Crippen molar-refractivity contribution in [2.24, 2.45) is 11.8 Å². The first-order chi connectivity index (χ1) is 10.0. The van der Waals surface area contributed by atoms with Crippen molar-refractivity contribution in [3.8, 4) is 0 Å². The summed E-state index contributed by atoms with van der Waals surface area (Å²) in [5, 5.41) is 4.83. The summed E-state index contributed by atoms with van der Waals surface area (Å²) in [5.74, 6) is 0.0590. The number of carbonyl (C=O) groups excluding carboxylic acids is 1. The van der Waals surface area contributed by atoms with E-state index in [-0.39, 0.29) is 11.9 Å². The Bertz CT molecular complexity index is 295. The van der Waals surface area contributed by atoms with Gasteiger partial charge in [-0.3, -0.25) is 4.89 Å². The third-order valence-corrected chi connectivity index (χ3v) is 4.69. The van der Waals surface area contributed by atoms with E-state index in [1.165, 1.54) is 19.3 Å². The van der Waals surface area contributed by atoms with E-state index in [4.69, 9.17) is 14.8 Å². The van der Waals surface area contributed by atoms with Crippen molar-refractivity contribution in [3.63, 3.8) is 0 Å². The summed E-state index contributed by atoms with van der Waals surface area (Å²) in [4.78, 5) is 22.2. The van der Waals surface area contributed by atoms with Gasteiger partial charge in [0.25, 0.3) is 0 Å². The molecule has 0 N–H and O–H groups in total. The fourth-order valence-corrected chi connectivity index (χ4v) is 3.01. The minimum atomic E-state index is -0.411. The van der Waals surface area contributed by atoms with E-state index in [2.05, 4.69) is 6.92 Å². The number of hydrogen-bond donors (Lipinski definition) is 0. The lowest BCUT2D eigenvalue weighted by Crippen LogP contribution is -2.36. The molecule has 1 saturated carbocycles. The van der Waals surface area contributed by atoms with Crippen LogP contribution in [-0.4, -0.2) is 11.6 Å². The first kappa shape index (κ1) is 18.4. The van der Waals surface area contributed by atoms with Crippen LogP contribution in [0.3, 0.4) is 0 Å². The predicted molar refractivity (Wildman–Crippen MR) is 82.2 cm³/mol. The maximum atomic E-state index is 11.9. The van der Waals surface area contributed by atoms with Crippen LogP contribution in [-0.2, 0) is 19.6 Å².